The Balaban J connectivity index is 3.77. The van der Waals surface area contributed by atoms with Gasteiger partial charge >= 0.3 is 0 Å². The number of hydrogen-bond acceptors (Lipinski definition) is 2. The molecule has 0 unspecified atom stereocenters. The van der Waals surface area contributed by atoms with Crippen molar-refractivity contribution in [1.29, 1.82) is 0 Å². The van der Waals surface area contributed by atoms with E-state index in [-0.39, 0.29) is 0 Å². The van der Waals surface area contributed by atoms with Crippen LogP contribution in [-0.4, -0.2) is 12.1 Å². The Labute approximate surface area is 79.7 Å². The quantitative estimate of drug-likeness (QED) is 0.280. The molecule has 0 aliphatic carbocycles. The summed E-state index contributed by atoms with van der Waals surface area (Å²) in [6.07, 6.45) is 6.30. The van der Waals surface area contributed by atoms with Crippen molar-refractivity contribution in [2.75, 3.05) is 7.05 Å². The van der Waals surface area contributed by atoms with Crippen LogP contribution in [0, 0.1) is 0 Å². The summed E-state index contributed by atoms with van der Waals surface area (Å²) in [5, 5.41) is 1.11. The van der Waals surface area contributed by atoms with E-state index in [0.29, 0.717) is 0 Å². The lowest BCUT2D eigenvalue weighted by molar-refractivity contribution is 1.05. The maximum atomic E-state index is 4.08. The Hall–Kier alpha value is -0.500. The zero-order valence-electron chi connectivity index (χ0n) is 8.13. The van der Waals surface area contributed by atoms with Gasteiger partial charge in [-0.15, -0.1) is 6.58 Å². The fraction of sp³-hybridized carbons (Fsp3) is 0.500. The third-order valence-corrected chi connectivity index (χ3v) is 2.39. The minimum Gasteiger partial charge on any atom is -0.286 e. The predicted octanol–water partition coefficient (Wildman–Crippen LogP) is 3.64. The van der Waals surface area contributed by atoms with Gasteiger partial charge in [0, 0.05) is 7.05 Å². The molecular weight excluding hydrogens is 166 g/mol. The zero-order chi connectivity index (χ0) is 9.40. The van der Waals surface area contributed by atoms with Gasteiger partial charge in [0.25, 0.3) is 0 Å². The zero-order valence-corrected chi connectivity index (χ0v) is 8.95. The summed E-state index contributed by atoms with van der Waals surface area (Å²) in [5.74, 6) is 0. The molecule has 0 spiro atoms. The molecule has 1 nitrogen and oxygen atoms in total. The average molecular weight is 183 g/mol. The Morgan fingerprint density at radius 1 is 1.42 bits per heavy atom. The average Bonchev–Trinajstić information content (AvgIpc) is 2.05. The Morgan fingerprint density at radius 3 is 2.58 bits per heavy atom. The normalized spacial score (nSPS) is 13.2. The Bertz CT molecular complexity index is 192. The molecule has 0 amide bonds. The van der Waals surface area contributed by atoms with Crippen LogP contribution in [-0.2, 0) is 0 Å². The summed E-state index contributed by atoms with van der Waals surface area (Å²) in [7, 11) is 1.82. The fourth-order valence-corrected chi connectivity index (χ4v) is 1.48. The maximum absolute atomic E-state index is 4.08. The first-order valence-corrected chi connectivity index (χ1v) is 4.91. The molecule has 0 bridgehead atoms. The van der Waals surface area contributed by atoms with Gasteiger partial charge in [-0.25, -0.2) is 0 Å². The van der Waals surface area contributed by atoms with Gasteiger partial charge in [0.15, 0.2) is 0 Å². The molecule has 0 saturated heterocycles. The SMILES string of the molecule is C=CCC/C=C(\C)S/C(C)=N\C. The number of thioether (sulfide) groups is 1. The van der Waals surface area contributed by atoms with Gasteiger partial charge < -0.3 is 0 Å². The molecule has 0 aliphatic heterocycles. The van der Waals surface area contributed by atoms with E-state index in [9.17, 15) is 0 Å². The summed E-state index contributed by atoms with van der Waals surface area (Å²) in [6, 6.07) is 0. The van der Waals surface area contributed by atoms with Crippen molar-refractivity contribution < 1.29 is 0 Å². The molecule has 0 aliphatic rings. The molecule has 0 aromatic heterocycles. The van der Waals surface area contributed by atoms with Crippen LogP contribution in [0.1, 0.15) is 26.7 Å². The smallest absolute Gasteiger partial charge is 0.0685 e. The van der Waals surface area contributed by atoms with Crippen LogP contribution in [0.2, 0.25) is 0 Å². The lowest BCUT2D eigenvalue weighted by Crippen LogP contribution is -1.82. The van der Waals surface area contributed by atoms with Crippen molar-refractivity contribution >= 4 is 16.8 Å². The highest BCUT2D eigenvalue weighted by atomic mass is 32.2. The highest BCUT2D eigenvalue weighted by Gasteiger charge is 1.92. The van der Waals surface area contributed by atoms with Crippen LogP contribution in [0.5, 0.6) is 0 Å². The second-order valence-corrected chi connectivity index (χ2v) is 3.96. The second kappa shape index (κ2) is 7.17. The largest absolute Gasteiger partial charge is 0.286 e. The molecule has 0 rings (SSSR count). The topological polar surface area (TPSA) is 12.4 Å². The minimum absolute atomic E-state index is 1.06. The molecule has 68 valence electrons. The molecule has 0 fully saturated rings. The first kappa shape index (κ1) is 11.5. The van der Waals surface area contributed by atoms with Crippen LogP contribution >= 0.6 is 11.8 Å². The first-order chi connectivity index (χ1) is 5.70. The molecule has 0 radical (unpaired) electrons. The van der Waals surface area contributed by atoms with Gasteiger partial charge in [-0.3, -0.25) is 4.99 Å². The standard InChI is InChI=1S/C10H17NS/c1-5-6-7-8-9(2)12-10(3)11-4/h5,8H,1,6-7H2,2-4H3/b9-8+,11-10-. The predicted molar refractivity (Wildman–Crippen MR) is 59.8 cm³/mol. The van der Waals surface area contributed by atoms with E-state index in [4.69, 9.17) is 0 Å². The van der Waals surface area contributed by atoms with Crippen molar-refractivity contribution in [2.24, 2.45) is 4.99 Å². The minimum atomic E-state index is 1.06. The molecule has 0 N–H and O–H groups in total. The summed E-state index contributed by atoms with van der Waals surface area (Å²) >= 11 is 1.73. The fourth-order valence-electron chi connectivity index (χ4n) is 0.725. The van der Waals surface area contributed by atoms with Crippen molar-refractivity contribution in [1.82, 2.24) is 0 Å². The van der Waals surface area contributed by atoms with Gasteiger partial charge in [-0.05, 0) is 31.6 Å². The van der Waals surface area contributed by atoms with Gasteiger partial charge in [0.1, 0.15) is 0 Å². The monoisotopic (exact) mass is 183 g/mol. The van der Waals surface area contributed by atoms with Crippen LogP contribution in [0.15, 0.2) is 28.6 Å². The molecule has 0 aromatic carbocycles. The third-order valence-electron chi connectivity index (χ3n) is 1.43. The van der Waals surface area contributed by atoms with Crippen LogP contribution in [0.4, 0.5) is 0 Å². The maximum Gasteiger partial charge on any atom is 0.0685 e. The number of unbranched alkanes of at least 4 members (excludes halogenated alkanes) is 1. The Kier molecular flexibility index (Phi) is 6.87. The van der Waals surface area contributed by atoms with Crippen molar-refractivity contribution in [3.63, 3.8) is 0 Å². The van der Waals surface area contributed by atoms with E-state index in [0.717, 1.165) is 17.9 Å². The summed E-state index contributed by atoms with van der Waals surface area (Å²) < 4.78 is 0. The summed E-state index contributed by atoms with van der Waals surface area (Å²) in [4.78, 5) is 5.39. The van der Waals surface area contributed by atoms with Gasteiger partial charge in [0.2, 0.25) is 0 Å². The highest BCUT2D eigenvalue weighted by molar-refractivity contribution is 8.17. The van der Waals surface area contributed by atoms with Crippen LogP contribution < -0.4 is 0 Å². The van der Waals surface area contributed by atoms with Crippen molar-refractivity contribution in [3.05, 3.63) is 23.6 Å². The van der Waals surface area contributed by atoms with E-state index in [1.807, 2.05) is 20.0 Å². The van der Waals surface area contributed by atoms with Crippen molar-refractivity contribution in [2.45, 2.75) is 26.7 Å². The van der Waals surface area contributed by atoms with Gasteiger partial charge in [-0.1, -0.05) is 23.9 Å². The van der Waals surface area contributed by atoms with Crippen LogP contribution in [0.25, 0.3) is 0 Å². The lowest BCUT2D eigenvalue weighted by atomic mass is 10.3. The number of allylic oxidation sites excluding steroid dienone is 3. The Morgan fingerprint density at radius 2 is 2.08 bits per heavy atom. The third kappa shape index (κ3) is 6.23. The number of aliphatic imine (C=N–C) groups is 1. The van der Waals surface area contributed by atoms with E-state index in [2.05, 4.69) is 24.6 Å². The molecule has 0 heterocycles. The number of rotatable bonds is 4. The molecule has 12 heavy (non-hydrogen) atoms. The van der Waals surface area contributed by atoms with Gasteiger partial charge in [-0.2, -0.15) is 0 Å². The van der Waals surface area contributed by atoms with E-state index < -0.39 is 0 Å². The summed E-state index contributed by atoms with van der Waals surface area (Å²) in [5.41, 5.74) is 0. The molecular formula is C10H17NS. The van der Waals surface area contributed by atoms with Crippen LogP contribution in [0.3, 0.4) is 0 Å². The van der Waals surface area contributed by atoms with E-state index in [1.165, 1.54) is 4.91 Å². The second-order valence-electron chi connectivity index (χ2n) is 2.53. The molecule has 0 aromatic rings. The van der Waals surface area contributed by atoms with E-state index >= 15 is 0 Å². The highest BCUT2D eigenvalue weighted by Crippen LogP contribution is 2.17. The van der Waals surface area contributed by atoms with Crippen molar-refractivity contribution in [3.8, 4) is 0 Å². The van der Waals surface area contributed by atoms with E-state index in [1.54, 1.807) is 11.8 Å². The lowest BCUT2D eigenvalue weighted by Gasteiger charge is -1.98. The number of nitrogens with zero attached hydrogens (tertiary/aromatic N) is 1. The van der Waals surface area contributed by atoms with Gasteiger partial charge in [0.05, 0.1) is 5.04 Å². The summed E-state index contributed by atoms with van der Waals surface area (Å²) in [6.45, 7) is 7.81. The first-order valence-electron chi connectivity index (χ1n) is 4.09. The number of hydrogen-bond donors (Lipinski definition) is 0. The molecule has 0 saturated carbocycles. The molecule has 0 atom stereocenters. The molecule has 2 heteroatoms.